The van der Waals surface area contributed by atoms with Gasteiger partial charge in [0.1, 0.15) is 6.30 Å². The Hall–Kier alpha value is -0.110. The maximum atomic E-state index is 12.4. The van der Waals surface area contributed by atoms with Crippen LogP contribution in [-0.2, 0) is 0 Å². The quantitative estimate of drug-likeness (QED) is 0.611. The third-order valence-corrected chi connectivity index (χ3v) is 1.97. The summed E-state index contributed by atoms with van der Waals surface area (Å²) in [5, 5.41) is 2.84. The van der Waals surface area contributed by atoms with E-state index in [-0.39, 0.29) is 0 Å². The molecule has 11 heavy (non-hydrogen) atoms. The summed E-state index contributed by atoms with van der Waals surface area (Å²) in [5.41, 5.74) is 0. The van der Waals surface area contributed by atoms with Gasteiger partial charge in [0, 0.05) is 6.04 Å². The van der Waals surface area contributed by atoms with Gasteiger partial charge < -0.3 is 0 Å². The number of halogens is 1. The van der Waals surface area contributed by atoms with Crippen LogP contribution in [0, 0.1) is 5.92 Å². The third kappa shape index (κ3) is 6.29. The van der Waals surface area contributed by atoms with Crippen molar-refractivity contribution in [3.05, 3.63) is 0 Å². The molecule has 0 amide bonds. The van der Waals surface area contributed by atoms with E-state index in [9.17, 15) is 4.39 Å². The minimum Gasteiger partial charge on any atom is -0.286 e. The molecule has 0 saturated carbocycles. The van der Waals surface area contributed by atoms with Crippen LogP contribution in [0.5, 0.6) is 0 Å². The summed E-state index contributed by atoms with van der Waals surface area (Å²) in [6, 6.07) is 0.296. The predicted octanol–water partition coefficient (Wildman–Crippen LogP) is 2.72. The van der Waals surface area contributed by atoms with E-state index < -0.39 is 6.30 Å². The van der Waals surface area contributed by atoms with Crippen LogP contribution in [0.1, 0.15) is 40.5 Å². The van der Waals surface area contributed by atoms with Crippen LogP contribution in [-0.4, -0.2) is 12.3 Å². The fraction of sp³-hybridized carbons (Fsp3) is 1.00. The van der Waals surface area contributed by atoms with Crippen LogP contribution in [0.25, 0.3) is 0 Å². The van der Waals surface area contributed by atoms with Crippen molar-refractivity contribution in [3.63, 3.8) is 0 Å². The van der Waals surface area contributed by atoms with Crippen LogP contribution < -0.4 is 5.32 Å². The fourth-order valence-corrected chi connectivity index (χ4v) is 1.23. The zero-order valence-electron chi connectivity index (χ0n) is 8.02. The third-order valence-electron chi connectivity index (χ3n) is 1.97. The monoisotopic (exact) mass is 161 g/mol. The zero-order chi connectivity index (χ0) is 8.85. The van der Waals surface area contributed by atoms with E-state index in [4.69, 9.17) is 0 Å². The molecule has 0 bridgehead atoms. The Morgan fingerprint density at radius 1 is 1.27 bits per heavy atom. The smallest absolute Gasteiger partial charge is 0.148 e. The molecule has 68 valence electrons. The Balaban J connectivity index is 3.43. The lowest BCUT2D eigenvalue weighted by Gasteiger charge is -2.17. The van der Waals surface area contributed by atoms with Crippen LogP contribution in [0.3, 0.4) is 0 Å². The Kier molecular flexibility index (Phi) is 5.47. The maximum Gasteiger partial charge on any atom is 0.148 e. The predicted molar refractivity (Wildman–Crippen MR) is 47.2 cm³/mol. The van der Waals surface area contributed by atoms with Crippen molar-refractivity contribution in [2.75, 3.05) is 0 Å². The van der Waals surface area contributed by atoms with E-state index in [2.05, 4.69) is 19.2 Å². The van der Waals surface area contributed by atoms with E-state index >= 15 is 0 Å². The molecule has 0 aromatic heterocycles. The second-order valence-electron chi connectivity index (χ2n) is 3.43. The first-order valence-electron chi connectivity index (χ1n) is 4.46. The minimum atomic E-state index is -0.881. The summed E-state index contributed by atoms with van der Waals surface area (Å²) in [6.45, 7) is 7.92. The van der Waals surface area contributed by atoms with Gasteiger partial charge in [0.15, 0.2) is 0 Å². The highest BCUT2D eigenvalue weighted by atomic mass is 19.1. The molecule has 0 fully saturated rings. The highest BCUT2D eigenvalue weighted by molar-refractivity contribution is 4.64. The fourth-order valence-electron chi connectivity index (χ4n) is 1.23. The molecular formula is C9H20FN. The van der Waals surface area contributed by atoms with Crippen molar-refractivity contribution in [1.29, 1.82) is 0 Å². The lowest BCUT2D eigenvalue weighted by Crippen LogP contribution is -2.32. The topological polar surface area (TPSA) is 12.0 Å². The molecule has 2 heteroatoms. The second-order valence-corrected chi connectivity index (χ2v) is 3.43. The Bertz CT molecular complexity index is 93.6. The minimum absolute atomic E-state index is 0.296. The molecule has 0 spiro atoms. The molecule has 3 atom stereocenters. The van der Waals surface area contributed by atoms with Gasteiger partial charge in [0.05, 0.1) is 0 Å². The molecule has 1 N–H and O–H groups in total. The highest BCUT2D eigenvalue weighted by Crippen LogP contribution is 2.09. The molecule has 3 unspecified atom stereocenters. The normalized spacial score (nSPS) is 19.4. The molecular weight excluding hydrogens is 141 g/mol. The summed E-state index contributed by atoms with van der Waals surface area (Å²) in [6.07, 6.45) is 1.35. The van der Waals surface area contributed by atoms with Gasteiger partial charge in [-0.3, -0.25) is 5.32 Å². The Morgan fingerprint density at radius 3 is 2.18 bits per heavy atom. The van der Waals surface area contributed by atoms with Gasteiger partial charge in [-0.25, -0.2) is 4.39 Å². The zero-order valence-corrected chi connectivity index (χ0v) is 8.02. The molecule has 0 aliphatic carbocycles. The molecule has 0 radical (unpaired) electrons. The molecule has 0 aromatic rings. The van der Waals surface area contributed by atoms with Crippen molar-refractivity contribution in [2.24, 2.45) is 5.92 Å². The first-order chi connectivity index (χ1) is 5.06. The van der Waals surface area contributed by atoms with E-state index in [0.29, 0.717) is 12.0 Å². The van der Waals surface area contributed by atoms with Crippen molar-refractivity contribution in [2.45, 2.75) is 52.9 Å². The van der Waals surface area contributed by atoms with Gasteiger partial charge in [-0.1, -0.05) is 20.3 Å². The Morgan fingerprint density at radius 2 is 1.82 bits per heavy atom. The second kappa shape index (κ2) is 5.53. The molecule has 0 aromatic carbocycles. The molecule has 0 rings (SSSR count). The van der Waals surface area contributed by atoms with Gasteiger partial charge >= 0.3 is 0 Å². The van der Waals surface area contributed by atoms with Crippen LogP contribution >= 0.6 is 0 Å². The summed E-state index contributed by atoms with van der Waals surface area (Å²) in [7, 11) is 0. The summed E-state index contributed by atoms with van der Waals surface area (Å²) in [5.74, 6) is 0.691. The van der Waals surface area contributed by atoms with Gasteiger partial charge in [0.25, 0.3) is 0 Å². The molecule has 0 aliphatic heterocycles. The number of alkyl halides is 1. The van der Waals surface area contributed by atoms with Gasteiger partial charge in [-0.15, -0.1) is 0 Å². The van der Waals surface area contributed by atoms with Crippen molar-refractivity contribution < 1.29 is 4.39 Å². The maximum absolute atomic E-state index is 12.4. The lowest BCUT2D eigenvalue weighted by molar-refractivity contribution is 0.255. The number of nitrogens with one attached hydrogen (secondary N) is 1. The Labute approximate surface area is 69.4 Å². The van der Waals surface area contributed by atoms with Crippen LogP contribution in [0.15, 0.2) is 0 Å². The van der Waals surface area contributed by atoms with Gasteiger partial charge in [-0.2, -0.15) is 0 Å². The molecule has 1 nitrogen and oxygen atoms in total. The van der Waals surface area contributed by atoms with Crippen molar-refractivity contribution in [1.82, 2.24) is 5.32 Å². The van der Waals surface area contributed by atoms with E-state index in [1.165, 1.54) is 13.3 Å². The first kappa shape index (κ1) is 10.9. The first-order valence-corrected chi connectivity index (χ1v) is 4.46. The summed E-state index contributed by atoms with van der Waals surface area (Å²) in [4.78, 5) is 0. The largest absolute Gasteiger partial charge is 0.286 e. The van der Waals surface area contributed by atoms with Crippen molar-refractivity contribution >= 4 is 0 Å². The number of rotatable bonds is 5. The van der Waals surface area contributed by atoms with Crippen molar-refractivity contribution in [3.8, 4) is 0 Å². The highest BCUT2D eigenvalue weighted by Gasteiger charge is 2.08. The summed E-state index contributed by atoms with van der Waals surface area (Å²) >= 11 is 0. The van der Waals surface area contributed by atoms with E-state index in [1.807, 2.05) is 6.92 Å². The molecule has 0 saturated heterocycles. The number of hydrogen-bond donors (Lipinski definition) is 1. The standard InChI is InChI=1S/C9H20FN/c1-5-7(2)6-8(3)11-9(4)10/h7-9,11H,5-6H2,1-4H3. The number of hydrogen-bond acceptors (Lipinski definition) is 1. The van der Waals surface area contributed by atoms with Gasteiger partial charge in [0.2, 0.25) is 0 Å². The molecule has 0 aliphatic rings. The van der Waals surface area contributed by atoms with Crippen LogP contribution in [0.2, 0.25) is 0 Å². The summed E-state index contributed by atoms with van der Waals surface area (Å²) < 4.78 is 12.4. The van der Waals surface area contributed by atoms with Gasteiger partial charge in [-0.05, 0) is 26.2 Å². The molecule has 0 heterocycles. The van der Waals surface area contributed by atoms with E-state index in [0.717, 1.165) is 6.42 Å². The van der Waals surface area contributed by atoms with Crippen LogP contribution in [0.4, 0.5) is 4.39 Å². The SMILES string of the molecule is CCC(C)CC(C)NC(C)F. The average Bonchev–Trinajstić information content (AvgIpc) is 1.85. The lowest BCUT2D eigenvalue weighted by atomic mass is 10.0. The van der Waals surface area contributed by atoms with E-state index in [1.54, 1.807) is 0 Å². The average molecular weight is 161 g/mol.